The van der Waals surface area contributed by atoms with Crippen LogP contribution in [0.1, 0.15) is 27.7 Å². The first-order valence-electron chi connectivity index (χ1n) is 6.52. The van der Waals surface area contributed by atoms with Gasteiger partial charge >= 0.3 is 19.5 Å². The molecule has 0 aromatic heterocycles. The Morgan fingerprint density at radius 2 is 1.45 bits per heavy atom. The van der Waals surface area contributed by atoms with Crippen molar-refractivity contribution in [2.24, 2.45) is 0 Å². The van der Waals surface area contributed by atoms with E-state index in [1.807, 2.05) is 0 Å². The normalized spacial score (nSPS) is 12.8. The average Bonchev–Trinajstić information content (AvgIpc) is 2.37. The van der Waals surface area contributed by atoms with Crippen molar-refractivity contribution in [1.29, 1.82) is 0 Å². The zero-order valence-corrected chi connectivity index (χ0v) is 13.2. The highest BCUT2D eigenvalue weighted by molar-refractivity contribution is 7.56. The first-order valence-corrected chi connectivity index (χ1v) is 8.13. The Hall–Kier alpha value is -0.910. The number of esters is 2. The van der Waals surface area contributed by atoms with Gasteiger partial charge in [0.15, 0.2) is 5.66 Å². The fourth-order valence-electron chi connectivity index (χ4n) is 1.39. The Morgan fingerprint density at radius 3 is 1.85 bits per heavy atom. The van der Waals surface area contributed by atoms with Crippen molar-refractivity contribution in [3.63, 3.8) is 0 Å². The molecule has 0 bridgehead atoms. The van der Waals surface area contributed by atoms with Crippen LogP contribution < -0.4 is 0 Å². The second-order valence-corrected chi connectivity index (χ2v) is 5.64. The van der Waals surface area contributed by atoms with Gasteiger partial charge in [0.2, 0.25) is 0 Å². The van der Waals surface area contributed by atoms with E-state index in [-0.39, 0.29) is 26.4 Å². The molecule has 0 spiro atoms. The maximum Gasteiger partial charge on any atom is 0.345 e. The van der Waals surface area contributed by atoms with Gasteiger partial charge in [0.25, 0.3) is 0 Å². The van der Waals surface area contributed by atoms with Gasteiger partial charge in [-0.3, -0.25) is 14.2 Å². The maximum atomic E-state index is 12.6. The van der Waals surface area contributed by atoms with Gasteiger partial charge in [-0.25, -0.2) is 0 Å². The summed E-state index contributed by atoms with van der Waals surface area (Å²) in [5, 5.41) is 0. The second-order valence-electron chi connectivity index (χ2n) is 3.49. The molecule has 0 N–H and O–H groups in total. The number of ether oxygens (including phenoxy) is 2. The smallest absolute Gasteiger partial charge is 0.345 e. The number of hydrogen-bond donors (Lipinski definition) is 0. The molecule has 0 heterocycles. The number of hydrogen-bond acceptors (Lipinski definition) is 7. The monoisotopic (exact) mass is 309 g/mol. The third-order valence-corrected chi connectivity index (χ3v) is 4.34. The van der Waals surface area contributed by atoms with Gasteiger partial charge in [-0.1, -0.05) is 0 Å². The number of rotatable bonds is 10. The number of carbonyl (C=O) groups excluding carboxylic acids is 2. The molecule has 8 heteroatoms. The predicted octanol–water partition coefficient (Wildman–Crippen LogP) is 1.95. The van der Waals surface area contributed by atoms with Crippen LogP contribution >= 0.6 is 7.60 Å². The third-order valence-electron chi connectivity index (χ3n) is 2.07. The lowest BCUT2D eigenvalue weighted by Crippen LogP contribution is -2.30. The van der Waals surface area contributed by atoms with E-state index >= 15 is 0 Å². The molecule has 0 aromatic rings. The minimum atomic E-state index is -3.82. The summed E-state index contributed by atoms with van der Waals surface area (Å²) < 4.78 is 32.3. The lowest BCUT2D eigenvalue weighted by Gasteiger charge is -2.23. The van der Waals surface area contributed by atoms with E-state index in [9.17, 15) is 14.2 Å². The van der Waals surface area contributed by atoms with Gasteiger partial charge < -0.3 is 18.5 Å². The summed E-state index contributed by atoms with van der Waals surface area (Å²) in [4.78, 5) is 23.4. The first kappa shape index (κ1) is 19.1. The molecule has 7 nitrogen and oxygen atoms in total. The van der Waals surface area contributed by atoms with Crippen LogP contribution in [0.2, 0.25) is 0 Å². The molecule has 0 fully saturated rings. The van der Waals surface area contributed by atoms with E-state index in [1.54, 1.807) is 27.7 Å². The summed E-state index contributed by atoms with van der Waals surface area (Å²) in [7, 11) is -3.82. The van der Waals surface area contributed by atoms with Crippen LogP contribution in [0.15, 0.2) is 0 Å². The van der Waals surface area contributed by atoms with Gasteiger partial charge in [-0.05, 0) is 27.7 Å². The Kier molecular flexibility index (Phi) is 9.46. The van der Waals surface area contributed by atoms with Gasteiger partial charge in [0.1, 0.15) is 0 Å². The third kappa shape index (κ3) is 6.03. The van der Waals surface area contributed by atoms with Gasteiger partial charge in [0.05, 0.1) is 32.8 Å². The van der Waals surface area contributed by atoms with Crippen LogP contribution in [0.4, 0.5) is 0 Å². The molecule has 0 saturated carbocycles. The highest BCUT2D eigenvalue weighted by atomic mass is 31.2. The van der Waals surface area contributed by atoms with E-state index < -0.39 is 25.2 Å². The molecule has 20 heavy (non-hydrogen) atoms. The molecule has 0 saturated heterocycles. The SMILES string of the molecule is CCOC(=O)[CH]C(C(=O)OCC)P(=O)(OCC)OCC. The predicted molar refractivity (Wildman–Crippen MR) is 72.2 cm³/mol. The van der Waals surface area contributed by atoms with Crippen molar-refractivity contribution >= 4 is 19.5 Å². The molecule has 0 aromatic carbocycles. The number of carbonyl (C=O) groups is 2. The topological polar surface area (TPSA) is 88.1 Å². The van der Waals surface area contributed by atoms with Gasteiger partial charge in [0, 0.05) is 0 Å². The quantitative estimate of drug-likeness (QED) is 0.450. The van der Waals surface area contributed by atoms with Crippen LogP contribution in [0, 0.1) is 6.42 Å². The lowest BCUT2D eigenvalue weighted by atomic mass is 10.3. The second kappa shape index (κ2) is 9.91. The minimum Gasteiger partial charge on any atom is -0.466 e. The van der Waals surface area contributed by atoms with Crippen LogP contribution in [0.5, 0.6) is 0 Å². The van der Waals surface area contributed by atoms with Crippen LogP contribution in [-0.2, 0) is 32.7 Å². The summed E-state index contributed by atoms with van der Waals surface area (Å²) in [6.45, 7) is 6.81. The van der Waals surface area contributed by atoms with E-state index in [1.165, 1.54) is 0 Å². The van der Waals surface area contributed by atoms with Crippen molar-refractivity contribution in [3.05, 3.63) is 6.42 Å². The highest BCUT2D eigenvalue weighted by Crippen LogP contribution is 2.54. The zero-order valence-electron chi connectivity index (χ0n) is 12.3. The molecule has 117 valence electrons. The molecular formula is C12H22O7P. The fraction of sp³-hybridized carbons (Fsp3) is 0.750. The summed E-state index contributed by atoms with van der Waals surface area (Å²) in [5.41, 5.74) is -1.43. The molecule has 0 aliphatic rings. The lowest BCUT2D eigenvalue weighted by molar-refractivity contribution is -0.146. The molecule has 0 aliphatic carbocycles. The minimum absolute atomic E-state index is 0.0733. The van der Waals surface area contributed by atoms with Crippen molar-refractivity contribution in [3.8, 4) is 0 Å². The summed E-state index contributed by atoms with van der Waals surface area (Å²) >= 11 is 0. The first-order chi connectivity index (χ1) is 9.45. The summed E-state index contributed by atoms with van der Waals surface area (Å²) in [5.74, 6) is -1.61. The Morgan fingerprint density at radius 1 is 0.950 bits per heavy atom. The van der Waals surface area contributed by atoms with Gasteiger partial charge in [-0.15, -0.1) is 0 Å². The van der Waals surface area contributed by atoms with Crippen LogP contribution in [0.25, 0.3) is 0 Å². The van der Waals surface area contributed by atoms with Crippen molar-refractivity contribution in [2.75, 3.05) is 26.4 Å². The van der Waals surface area contributed by atoms with Gasteiger partial charge in [-0.2, -0.15) is 0 Å². The van der Waals surface area contributed by atoms with Crippen molar-refractivity contribution in [1.82, 2.24) is 0 Å². The molecular weight excluding hydrogens is 287 g/mol. The molecule has 0 rings (SSSR count). The molecule has 0 amide bonds. The summed E-state index contributed by atoms with van der Waals surface area (Å²) in [6, 6.07) is 0. The Balaban J connectivity index is 5.19. The standard InChI is InChI=1S/C12H22O7P/c1-5-16-11(13)9-10(12(14)17-6-2)20(15,18-7-3)19-8-4/h9-10H,5-8H2,1-4H3. The largest absolute Gasteiger partial charge is 0.466 e. The molecule has 1 unspecified atom stereocenters. The zero-order chi connectivity index (χ0) is 15.6. The van der Waals surface area contributed by atoms with Crippen molar-refractivity contribution < 1.29 is 32.7 Å². The van der Waals surface area contributed by atoms with E-state index in [2.05, 4.69) is 0 Å². The van der Waals surface area contributed by atoms with E-state index in [4.69, 9.17) is 18.5 Å². The van der Waals surface area contributed by atoms with Crippen molar-refractivity contribution in [2.45, 2.75) is 33.4 Å². The van der Waals surface area contributed by atoms with Crippen LogP contribution in [0.3, 0.4) is 0 Å². The molecule has 1 atom stereocenters. The summed E-state index contributed by atoms with van der Waals surface area (Å²) in [6.07, 6.45) is 0.883. The Labute approximate surface area is 119 Å². The Bertz CT molecular complexity index is 346. The fourth-order valence-corrected chi connectivity index (χ4v) is 3.15. The average molecular weight is 309 g/mol. The maximum absolute atomic E-state index is 12.6. The van der Waals surface area contributed by atoms with E-state index in [0.29, 0.717) is 0 Å². The van der Waals surface area contributed by atoms with Crippen LogP contribution in [-0.4, -0.2) is 44.0 Å². The highest BCUT2D eigenvalue weighted by Gasteiger charge is 2.44. The molecule has 0 aliphatic heterocycles. The van der Waals surface area contributed by atoms with E-state index in [0.717, 1.165) is 6.42 Å². The molecule has 1 radical (unpaired) electrons.